The quantitative estimate of drug-likeness (QED) is 0.876. The van der Waals surface area contributed by atoms with E-state index in [9.17, 15) is 4.39 Å². The first-order valence-corrected chi connectivity index (χ1v) is 7.01. The second-order valence-corrected chi connectivity index (χ2v) is 5.63. The van der Waals surface area contributed by atoms with E-state index in [2.05, 4.69) is 47.2 Å². The van der Waals surface area contributed by atoms with Crippen LogP contribution in [0.2, 0.25) is 0 Å². The highest BCUT2D eigenvalue weighted by atomic mass is 79.9. The van der Waals surface area contributed by atoms with Crippen LogP contribution in [0.5, 0.6) is 0 Å². The molecule has 0 saturated heterocycles. The van der Waals surface area contributed by atoms with Crippen LogP contribution in [-0.4, -0.2) is 7.05 Å². The van der Waals surface area contributed by atoms with Crippen LogP contribution < -0.4 is 5.32 Å². The van der Waals surface area contributed by atoms with Gasteiger partial charge < -0.3 is 5.32 Å². The Morgan fingerprint density at radius 3 is 2.53 bits per heavy atom. The maximum Gasteiger partial charge on any atom is 0.124 e. The zero-order chi connectivity index (χ0) is 14.0. The summed E-state index contributed by atoms with van der Waals surface area (Å²) in [7, 11) is 1.89. The number of rotatable bonds is 3. The third-order valence-corrected chi connectivity index (χ3v) is 3.92. The molecule has 1 N–H and O–H groups in total. The Morgan fingerprint density at radius 1 is 1.16 bits per heavy atom. The molecule has 1 atom stereocenters. The summed E-state index contributed by atoms with van der Waals surface area (Å²) in [5.74, 6) is -0.227. The van der Waals surface area contributed by atoms with Crippen molar-refractivity contribution in [3.05, 3.63) is 68.9 Å². The third-order valence-electron chi connectivity index (χ3n) is 3.46. The Bertz CT molecular complexity index is 575. The highest BCUT2D eigenvalue weighted by Crippen LogP contribution is 2.28. The summed E-state index contributed by atoms with van der Waals surface area (Å²) >= 11 is 3.35. The molecule has 2 aromatic carbocycles. The maximum atomic E-state index is 13.6. The van der Waals surface area contributed by atoms with Gasteiger partial charge in [0.2, 0.25) is 0 Å². The third kappa shape index (κ3) is 3.04. The molecule has 0 heterocycles. The van der Waals surface area contributed by atoms with Crippen molar-refractivity contribution in [2.75, 3.05) is 7.05 Å². The average molecular weight is 322 g/mol. The van der Waals surface area contributed by atoms with E-state index in [1.807, 2.05) is 19.2 Å². The maximum absolute atomic E-state index is 13.6. The van der Waals surface area contributed by atoms with E-state index in [1.54, 1.807) is 6.07 Å². The summed E-state index contributed by atoms with van der Waals surface area (Å²) in [5, 5.41) is 3.27. The van der Waals surface area contributed by atoms with E-state index in [4.69, 9.17) is 0 Å². The number of hydrogen-bond acceptors (Lipinski definition) is 1. The Balaban J connectivity index is 2.53. The van der Waals surface area contributed by atoms with Gasteiger partial charge in [-0.1, -0.05) is 34.1 Å². The monoisotopic (exact) mass is 321 g/mol. The number of aryl methyl sites for hydroxylation is 1. The van der Waals surface area contributed by atoms with Crippen LogP contribution in [0.1, 0.15) is 28.3 Å². The lowest BCUT2D eigenvalue weighted by molar-refractivity contribution is 0.615. The zero-order valence-electron chi connectivity index (χ0n) is 11.3. The Kier molecular flexibility index (Phi) is 4.38. The van der Waals surface area contributed by atoms with Crippen LogP contribution in [0.4, 0.5) is 4.39 Å². The van der Waals surface area contributed by atoms with Gasteiger partial charge in [0, 0.05) is 4.47 Å². The predicted octanol–water partition coefficient (Wildman–Crippen LogP) is 4.51. The molecule has 0 aliphatic rings. The summed E-state index contributed by atoms with van der Waals surface area (Å²) in [6, 6.07) is 11.2. The van der Waals surface area contributed by atoms with Crippen molar-refractivity contribution in [3.8, 4) is 0 Å². The molecular formula is C16H17BrFN. The topological polar surface area (TPSA) is 12.0 Å². The van der Waals surface area contributed by atoms with E-state index in [0.29, 0.717) is 0 Å². The molecule has 0 saturated carbocycles. The molecule has 0 aromatic heterocycles. The van der Waals surface area contributed by atoms with Crippen molar-refractivity contribution < 1.29 is 4.39 Å². The number of halogens is 2. The Morgan fingerprint density at radius 2 is 1.89 bits per heavy atom. The van der Waals surface area contributed by atoms with E-state index in [0.717, 1.165) is 10.0 Å². The van der Waals surface area contributed by atoms with Crippen molar-refractivity contribution in [1.82, 2.24) is 5.32 Å². The second kappa shape index (κ2) is 5.85. The fourth-order valence-electron chi connectivity index (χ4n) is 2.33. The molecule has 100 valence electrons. The van der Waals surface area contributed by atoms with Crippen LogP contribution in [0, 0.1) is 19.7 Å². The smallest absolute Gasteiger partial charge is 0.124 e. The van der Waals surface area contributed by atoms with Crippen LogP contribution in [0.25, 0.3) is 0 Å². The molecule has 3 heteroatoms. The number of nitrogens with one attached hydrogen (secondary N) is 1. The Labute approximate surface area is 122 Å². The van der Waals surface area contributed by atoms with Crippen molar-refractivity contribution in [2.24, 2.45) is 0 Å². The van der Waals surface area contributed by atoms with E-state index >= 15 is 0 Å². The molecule has 0 aliphatic carbocycles. The van der Waals surface area contributed by atoms with Crippen LogP contribution >= 0.6 is 15.9 Å². The van der Waals surface area contributed by atoms with Crippen LogP contribution in [0.3, 0.4) is 0 Å². The molecule has 0 spiro atoms. The SMILES string of the molecule is CNC(c1cc(F)cc(Br)c1)c1cccc(C)c1C. The first-order chi connectivity index (χ1) is 9.02. The highest BCUT2D eigenvalue weighted by molar-refractivity contribution is 9.10. The zero-order valence-corrected chi connectivity index (χ0v) is 12.9. The number of benzene rings is 2. The summed E-state index contributed by atoms with van der Waals surface area (Å²) in [6.45, 7) is 4.19. The Hall–Kier alpha value is -1.19. The largest absolute Gasteiger partial charge is 0.309 e. The van der Waals surface area contributed by atoms with Crippen molar-refractivity contribution in [1.29, 1.82) is 0 Å². The second-order valence-electron chi connectivity index (χ2n) is 4.71. The highest BCUT2D eigenvalue weighted by Gasteiger charge is 2.16. The lowest BCUT2D eigenvalue weighted by Crippen LogP contribution is -2.19. The van der Waals surface area contributed by atoms with Crippen molar-refractivity contribution in [2.45, 2.75) is 19.9 Å². The lowest BCUT2D eigenvalue weighted by atomic mass is 9.93. The van der Waals surface area contributed by atoms with Gasteiger partial charge in [-0.25, -0.2) is 4.39 Å². The van der Waals surface area contributed by atoms with Gasteiger partial charge in [0.1, 0.15) is 5.82 Å². The summed E-state index contributed by atoms with van der Waals surface area (Å²) in [5.41, 5.74) is 4.58. The molecule has 0 aliphatic heterocycles. The lowest BCUT2D eigenvalue weighted by Gasteiger charge is -2.21. The van der Waals surface area contributed by atoms with Gasteiger partial charge >= 0.3 is 0 Å². The number of hydrogen-bond donors (Lipinski definition) is 1. The van der Waals surface area contributed by atoms with Gasteiger partial charge in [0.05, 0.1) is 6.04 Å². The molecule has 2 rings (SSSR count). The summed E-state index contributed by atoms with van der Waals surface area (Å²) < 4.78 is 14.3. The van der Waals surface area contributed by atoms with Gasteiger partial charge in [-0.05, 0) is 61.3 Å². The van der Waals surface area contributed by atoms with Gasteiger partial charge in [-0.2, -0.15) is 0 Å². The minimum atomic E-state index is -0.227. The van der Waals surface area contributed by atoms with Crippen molar-refractivity contribution in [3.63, 3.8) is 0 Å². The molecule has 0 fully saturated rings. The first kappa shape index (κ1) is 14.2. The normalized spacial score (nSPS) is 12.5. The average Bonchev–Trinajstić information content (AvgIpc) is 2.34. The molecule has 19 heavy (non-hydrogen) atoms. The fourth-order valence-corrected chi connectivity index (χ4v) is 2.81. The molecule has 0 bridgehead atoms. The summed E-state index contributed by atoms with van der Waals surface area (Å²) in [6.07, 6.45) is 0. The van der Waals surface area contributed by atoms with Crippen LogP contribution in [-0.2, 0) is 0 Å². The van der Waals surface area contributed by atoms with Gasteiger partial charge in [0.25, 0.3) is 0 Å². The molecule has 2 aromatic rings. The van der Waals surface area contributed by atoms with E-state index in [1.165, 1.54) is 22.8 Å². The molecule has 0 radical (unpaired) electrons. The molecule has 1 unspecified atom stereocenters. The van der Waals surface area contributed by atoms with Crippen molar-refractivity contribution >= 4 is 15.9 Å². The summed E-state index contributed by atoms with van der Waals surface area (Å²) in [4.78, 5) is 0. The fraction of sp³-hybridized carbons (Fsp3) is 0.250. The molecular weight excluding hydrogens is 305 g/mol. The van der Waals surface area contributed by atoms with Gasteiger partial charge in [0.15, 0.2) is 0 Å². The van der Waals surface area contributed by atoms with Gasteiger partial charge in [-0.3, -0.25) is 0 Å². The van der Waals surface area contributed by atoms with E-state index in [-0.39, 0.29) is 11.9 Å². The van der Waals surface area contributed by atoms with Gasteiger partial charge in [-0.15, -0.1) is 0 Å². The first-order valence-electron chi connectivity index (χ1n) is 6.22. The molecule has 0 amide bonds. The standard InChI is InChI=1S/C16H17BrFN/c1-10-5-4-6-15(11(10)2)16(19-3)12-7-13(17)9-14(18)8-12/h4-9,16,19H,1-3H3. The van der Waals surface area contributed by atoms with E-state index < -0.39 is 0 Å². The minimum absolute atomic E-state index is 0.00750. The molecule has 1 nitrogen and oxygen atoms in total. The minimum Gasteiger partial charge on any atom is -0.309 e. The predicted molar refractivity (Wildman–Crippen MR) is 80.9 cm³/mol. The van der Waals surface area contributed by atoms with Crippen LogP contribution in [0.15, 0.2) is 40.9 Å².